The van der Waals surface area contributed by atoms with Gasteiger partial charge in [-0.3, -0.25) is 9.78 Å². The van der Waals surface area contributed by atoms with Crippen molar-refractivity contribution in [1.29, 1.82) is 0 Å². The third kappa shape index (κ3) is 1.60. The van der Waals surface area contributed by atoms with E-state index in [-0.39, 0.29) is 5.56 Å². The monoisotopic (exact) mass is 232 g/mol. The fraction of sp³-hybridized carbons (Fsp3) is 0.250. The molecule has 0 aliphatic carbocycles. The van der Waals surface area contributed by atoms with Gasteiger partial charge in [0, 0.05) is 24.6 Å². The van der Waals surface area contributed by atoms with Gasteiger partial charge in [0.2, 0.25) is 5.43 Å². The molecule has 0 aliphatic heterocycles. The van der Waals surface area contributed by atoms with Crippen LogP contribution < -0.4 is 5.43 Å². The zero-order valence-corrected chi connectivity index (χ0v) is 9.60. The number of pyridine rings is 2. The maximum Gasteiger partial charge on any atom is 0.341 e. The van der Waals surface area contributed by atoms with Gasteiger partial charge < -0.3 is 9.67 Å². The number of hydrogen-bond acceptors (Lipinski definition) is 3. The van der Waals surface area contributed by atoms with Crippen LogP contribution in [0.2, 0.25) is 0 Å². The van der Waals surface area contributed by atoms with Gasteiger partial charge in [-0.05, 0) is 19.9 Å². The van der Waals surface area contributed by atoms with Gasteiger partial charge in [-0.1, -0.05) is 0 Å². The number of carbonyl (C=O) groups is 1. The topological polar surface area (TPSA) is 72.2 Å². The van der Waals surface area contributed by atoms with E-state index in [0.29, 0.717) is 17.6 Å². The Hall–Kier alpha value is -2.17. The molecule has 0 radical (unpaired) electrons. The molecule has 1 N–H and O–H groups in total. The molecule has 2 rings (SSSR count). The number of carboxylic acid groups (broad SMARTS) is 1. The Morgan fingerprint density at radius 2 is 2.24 bits per heavy atom. The van der Waals surface area contributed by atoms with Gasteiger partial charge in [0.15, 0.2) is 0 Å². The van der Waals surface area contributed by atoms with Crippen LogP contribution in [0.4, 0.5) is 0 Å². The largest absolute Gasteiger partial charge is 0.477 e. The van der Waals surface area contributed by atoms with Crippen molar-refractivity contribution in [2.45, 2.75) is 20.4 Å². The summed E-state index contributed by atoms with van der Waals surface area (Å²) in [5, 5.41) is 9.44. The lowest BCUT2D eigenvalue weighted by atomic mass is 10.1. The molecule has 0 aliphatic rings. The highest BCUT2D eigenvalue weighted by molar-refractivity contribution is 5.93. The Balaban J connectivity index is 3.05. The summed E-state index contributed by atoms with van der Waals surface area (Å²) in [5.41, 5.74) is 0.550. The van der Waals surface area contributed by atoms with Crippen molar-refractivity contribution in [3.8, 4) is 0 Å². The molecule has 0 bridgehead atoms. The molecule has 0 saturated carbocycles. The minimum absolute atomic E-state index is 0.174. The van der Waals surface area contributed by atoms with Crippen LogP contribution in [-0.4, -0.2) is 20.6 Å². The SMILES string of the molecule is CCn1c(C)c(C(=O)O)c(=O)c2cnccc21. The first kappa shape index (κ1) is 11.3. The van der Waals surface area contributed by atoms with E-state index in [9.17, 15) is 9.59 Å². The first-order valence-corrected chi connectivity index (χ1v) is 5.28. The number of aromatic carboxylic acids is 1. The van der Waals surface area contributed by atoms with Crippen LogP contribution in [0.1, 0.15) is 23.0 Å². The summed E-state index contributed by atoms with van der Waals surface area (Å²) in [6.45, 7) is 4.16. The summed E-state index contributed by atoms with van der Waals surface area (Å²) < 4.78 is 1.81. The van der Waals surface area contributed by atoms with Gasteiger partial charge in [0.25, 0.3) is 0 Å². The molecule has 0 aromatic carbocycles. The Morgan fingerprint density at radius 1 is 1.53 bits per heavy atom. The number of aryl methyl sites for hydroxylation is 1. The van der Waals surface area contributed by atoms with Gasteiger partial charge in [0.1, 0.15) is 5.56 Å². The first-order valence-electron chi connectivity index (χ1n) is 5.28. The van der Waals surface area contributed by atoms with Crippen LogP contribution in [0.3, 0.4) is 0 Å². The number of hydrogen-bond donors (Lipinski definition) is 1. The maximum atomic E-state index is 12.0. The Bertz CT molecular complexity index is 659. The summed E-state index contributed by atoms with van der Waals surface area (Å²) in [6.07, 6.45) is 3.00. The molecule has 0 saturated heterocycles. The number of fused-ring (bicyclic) bond motifs is 1. The number of aromatic nitrogens is 2. The summed E-state index contributed by atoms with van der Waals surface area (Å²) in [6, 6.07) is 1.72. The van der Waals surface area contributed by atoms with E-state index in [4.69, 9.17) is 5.11 Å². The Kier molecular flexibility index (Phi) is 2.67. The fourth-order valence-corrected chi connectivity index (χ4v) is 2.07. The molecular weight excluding hydrogens is 220 g/mol. The molecule has 88 valence electrons. The minimum atomic E-state index is -1.19. The summed E-state index contributed by atoms with van der Waals surface area (Å²) in [7, 11) is 0. The van der Waals surface area contributed by atoms with E-state index in [1.165, 1.54) is 6.20 Å². The van der Waals surface area contributed by atoms with Gasteiger partial charge in [-0.15, -0.1) is 0 Å². The second kappa shape index (κ2) is 4.01. The number of nitrogens with zero attached hydrogens (tertiary/aromatic N) is 2. The minimum Gasteiger partial charge on any atom is -0.477 e. The summed E-state index contributed by atoms with van der Waals surface area (Å²) in [5.74, 6) is -1.19. The predicted molar refractivity (Wildman–Crippen MR) is 63.4 cm³/mol. The molecule has 2 heterocycles. The van der Waals surface area contributed by atoms with Crippen LogP contribution in [0.5, 0.6) is 0 Å². The first-order chi connectivity index (χ1) is 8.07. The van der Waals surface area contributed by atoms with Crippen molar-refractivity contribution in [3.05, 3.63) is 39.9 Å². The van der Waals surface area contributed by atoms with E-state index in [1.54, 1.807) is 19.2 Å². The predicted octanol–water partition coefficient (Wildman–Crippen LogP) is 1.42. The third-order valence-corrected chi connectivity index (χ3v) is 2.86. The third-order valence-electron chi connectivity index (χ3n) is 2.86. The Morgan fingerprint density at radius 3 is 2.82 bits per heavy atom. The van der Waals surface area contributed by atoms with Crippen LogP contribution >= 0.6 is 0 Å². The van der Waals surface area contributed by atoms with Gasteiger partial charge >= 0.3 is 5.97 Å². The lowest BCUT2D eigenvalue weighted by molar-refractivity contribution is 0.0694. The van der Waals surface area contributed by atoms with Crippen molar-refractivity contribution in [3.63, 3.8) is 0 Å². The second-order valence-electron chi connectivity index (χ2n) is 3.73. The molecule has 0 amide bonds. The smallest absolute Gasteiger partial charge is 0.341 e. The molecule has 0 spiro atoms. The maximum absolute atomic E-state index is 12.0. The molecule has 0 fully saturated rings. The van der Waals surface area contributed by atoms with Crippen molar-refractivity contribution in [2.75, 3.05) is 0 Å². The van der Waals surface area contributed by atoms with Crippen LogP contribution in [0, 0.1) is 6.92 Å². The van der Waals surface area contributed by atoms with E-state index < -0.39 is 11.4 Å². The zero-order chi connectivity index (χ0) is 12.6. The highest BCUT2D eigenvalue weighted by atomic mass is 16.4. The van der Waals surface area contributed by atoms with Crippen molar-refractivity contribution < 1.29 is 9.90 Å². The molecular formula is C12H12N2O3. The molecule has 5 nitrogen and oxygen atoms in total. The average molecular weight is 232 g/mol. The molecule has 0 unspecified atom stereocenters. The lowest BCUT2D eigenvalue weighted by Crippen LogP contribution is -2.22. The van der Waals surface area contributed by atoms with Crippen molar-refractivity contribution >= 4 is 16.9 Å². The zero-order valence-electron chi connectivity index (χ0n) is 9.60. The lowest BCUT2D eigenvalue weighted by Gasteiger charge is -2.14. The highest BCUT2D eigenvalue weighted by Gasteiger charge is 2.18. The number of rotatable bonds is 2. The molecule has 2 aromatic heterocycles. The van der Waals surface area contributed by atoms with Crippen molar-refractivity contribution in [2.24, 2.45) is 0 Å². The summed E-state index contributed by atoms with van der Waals surface area (Å²) in [4.78, 5) is 27.0. The average Bonchev–Trinajstić information content (AvgIpc) is 2.29. The molecule has 17 heavy (non-hydrogen) atoms. The normalized spacial score (nSPS) is 10.7. The van der Waals surface area contributed by atoms with E-state index in [1.807, 2.05) is 11.5 Å². The van der Waals surface area contributed by atoms with Gasteiger partial charge in [-0.2, -0.15) is 0 Å². The molecule has 5 heteroatoms. The highest BCUT2D eigenvalue weighted by Crippen LogP contribution is 2.14. The fourth-order valence-electron chi connectivity index (χ4n) is 2.07. The van der Waals surface area contributed by atoms with E-state index >= 15 is 0 Å². The Labute approximate surface area is 97.3 Å². The summed E-state index contributed by atoms with van der Waals surface area (Å²) >= 11 is 0. The molecule has 2 aromatic rings. The second-order valence-corrected chi connectivity index (χ2v) is 3.73. The quantitative estimate of drug-likeness (QED) is 0.850. The van der Waals surface area contributed by atoms with Crippen LogP contribution in [-0.2, 0) is 6.54 Å². The van der Waals surface area contributed by atoms with Crippen LogP contribution in [0.15, 0.2) is 23.3 Å². The van der Waals surface area contributed by atoms with Crippen LogP contribution in [0.25, 0.3) is 10.9 Å². The van der Waals surface area contributed by atoms with Crippen molar-refractivity contribution in [1.82, 2.24) is 9.55 Å². The standard InChI is InChI=1S/C12H12N2O3/c1-3-14-7(2)10(12(16)17)11(15)8-6-13-5-4-9(8)14/h4-6H,3H2,1-2H3,(H,16,17). The van der Waals surface area contributed by atoms with Gasteiger partial charge in [0.05, 0.1) is 10.9 Å². The van der Waals surface area contributed by atoms with E-state index in [0.717, 1.165) is 5.52 Å². The van der Waals surface area contributed by atoms with E-state index in [2.05, 4.69) is 4.98 Å². The molecule has 0 atom stereocenters. The van der Waals surface area contributed by atoms with Gasteiger partial charge in [-0.25, -0.2) is 4.79 Å². The number of carboxylic acids is 1.